The maximum absolute atomic E-state index is 4.19. The molecule has 0 bridgehead atoms. The van der Waals surface area contributed by atoms with Crippen molar-refractivity contribution in [1.29, 1.82) is 0 Å². The third-order valence-electron chi connectivity index (χ3n) is 3.59. The topological polar surface area (TPSA) is 15.3 Å². The van der Waals surface area contributed by atoms with Crippen LogP contribution in [0.4, 0.5) is 0 Å². The predicted octanol–water partition coefficient (Wildman–Crippen LogP) is 2.80. The van der Waals surface area contributed by atoms with Gasteiger partial charge in [-0.2, -0.15) is 0 Å². The van der Waals surface area contributed by atoms with Crippen molar-refractivity contribution < 1.29 is 0 Å². The van der Waals surface area contributed by atoms with Crippen LogP contribution in [0.5, 0.6) is 0 Å². The molecule has 0 radical (unpaired) electrons. The van der Waals surface area contributed by atoms with E-state index < -0.39 is 0 Å². The molecule has 2 heteroatoms. The molecule has 0 aromatic carbocycles. The summed E-state index contributed by atoms with van der Waals surface area (Å²) in [6.45, 7) is 15.2. The average Bonchev–Trinajstić information content (AvgIpc) is 2.57. The summed E-state index contributed by atoms with van der Waals surface area (Å²) in [5, 5.41) is 3.44. The van der Waals surface area contributed by atoms with E-state index in [0.29, 0.717) is 6.04 Å². The van der Waals surface area contributed by atoms with Crippen LogP contribution in [0.1, 0.15) is 47.0 Å². The van der Waals surface area contributed by atoms with E-state index >= 15 is 0 Å². The fraction of sp³-hybridized carbons (Fsp3) is 0.857. The maximum atomic E-state index is 4.19. The highest BCUT2D eigenvalue weighted by atomic mass is 15.2. The summed E-state index contributed by atoms with van der Waals surface area (Å²) in [5.74, 6) is 0. The third-order valence-corrected chi connectivity index (χ3v) is 3.59. The van der Waals surface area contributed by atoms with Gasteiger partial charge in [-0.1, -0.05) is 27.4 Å². The molecule has 2 nitrogen and oxygen atoms in total. The molecule has 0 saturated carbocycles. The van der Waals surface area contributed by atoms with Gasteiger partial charge in [0.2, 0.25) is 0 Å². The standard InChI is InChI=1S/C14H28N2/c1-6-14-8-7-13(5)16(14)10-12(4)9-15-11(2)3/h11,13-15H,4,6-10H2,1-3,5H3. The van der Waals surface area contributed by atoms with Gasteiger partial charge in [-0.05, 0) is 31.8 Å². The largest absolute Gasteiger partial charge is 0.311 e. The average molecular weight is 224 g/mol. The zero-order valence-corrected chi connectivity index (χ0v) is 11.4. The molecule has 0 amide bonds. The van der Waals surface area contributed by atoms with Gasteiger partial charge in [0.25, 0.3) is 0 Å². The van der Waals surface area contributed by atoms with E-state index in [1.165, 1.54) is 24.8 Å². The lowest BCUT2D eigenvalue weighted by Gasteiger charge is -2.28. The molecule has 0 aromatic heterocycles. The monoisotopic (exact) mass is 224 g/mol. The fourth-order valence-corrected chi connectivity index (χ4v) is 2.51. The molecular formula is C14H28N2. The van der Waals surface area contributed by atoms with Gasteiger partial charge >= 0.3 is 0 Å². The summed E-state index contributed by atoms with van der Waals surface area (Å²) in [5.41, 5.74) is 1.32. The molecule has 0 aliphatic carbocycles. The summed E-state index contributed by atoms with van der Waals surface area (Å²) < 4.78 is 0. The molecule has 1 N–H and O–H groups in total. The Morgan fingerprint density at radius 1 is 1.44 bits per heavy atom. The minimum Gasteiger partial charge on any atom is -0.311 e. The van der Waals surface area contributed by atoms with Gasteiger partial charge in [-0.15, -0.1) is 0 Å². The molecule has 0 aromatic rings. The second-order valence-corrected chi connectivity index (χ2v) is 5.45. The van der Waals surface area contributed by atoms with Gasteiger partial charge in [-0.3, -0.25) is 4.90 Å². The van der Waals surface area contributed by atoms with E-state index in [9.17, 15) is 0 Å². The number of rotatable bonds is 6. The Kier molecular flexibility index (Phi) is 5.50. The van der Waals surface area contributed by atoms with Gasteiger partial charge in [0.05, 0.1) is 0 Å². The van der Waals surface area contributed by atoms with E-state index in [4.69, 9.17) is 0 Å². The van der Waals surface area contributed by atoms with E-state index in [1.807, 2.05) is 0 Å². The molecule has 1 aliphatic heterocycles. The SMILES string of the molecule is C=C(CNC(C)C)CN1C(C)CCC1CC. The zero-order chi connectivity index (χ0) is 12.1. The summed E-state index contributed by atoms with van der Waals surface area (Å²) in [6.07, 6.45) is 3.99. The Balaban J connectivity index is 2.36. The highest BCUT2D eigenvalue weighted by Gasteiger charge is 2.28. The summed E-state index contributed by atoms with van der Waals surface area (Å²) in [6, 6.07) is 2.07. The van der Waals surface area contributed by atoms with Gasteiger partial charge in [-0.25, -0.2) is 0 Å². The summed E-state index contributed by atoms with van der Waals surface area (Å²) >= 11 is 0. The Morgan fingerprint density at radius 3 is 2.69 bits per heavy atom. The number of nitrogens with one attached hydrogen (secondary N) is 1. The molecule has 1 aliphatic rings. The minimum atomic E-state index is 0.551. The van der Waals surface area contributed by atoms with Gasteiger partial charge in [0, 0.05) is 31.2 Å². The molecule has 1 saturated heterocycles. The van der Waals surface area contributed by atoms with E-state index in [1.54, 1.807) is 0 Å². The zero-order valence-electron chi connectivity index (χ0n) is 11.4. The molecule has 1 rings (SSSR count). The lowest BCUT2D eigenvalue weighted by Crippen LogP contribution is -2.37. The molecular weight excluding hydrogens is 196 g/mol. The fourth-order valence-electron chi connectivity index (χ4n) is 2.51. The molecule has 0 spiro atoms. The maximum Gasteiger partial charge on any atom is 0.0208 e. The molecule has 1 fully saturated rings. The Morgan fingerprint density at radius 2 is 2.12 bits per heavy atom. The number of hydrogen-bond donors (Lipinski definition) is 1. The van der Waals surface area contributed by atoms with Crippen molar-refractivity contribution in [3.05, 3.63) is 12.2 Å². The first-order chi connectivity index (χ1) is 7.54. The lowest BCUT2D eigenvalue weighted by molar-refractivity contribution is 0.215. The van der Waals surface area contributed by atoms with Crippen LogP contribution in [0.2, 0.25) is 0 Å². The Bertz CT molecular complexity index is 223. The van der Waals surface area contributed by atoms with Crippen LogP contribution in [0.3, 0.4) is 0 Å². The second kappa shape index (κ2) is 6.41. The first-order valence-corrected chi connectivity index (χ1v) is 6.70. The van der Waals surface area contributed by atoms with Crippen molar-refractivity contribution >= 4 is 0 Å². The lowest BCUT2D eigenvalue weighted by atomic mass is 10.1. The minimum absolute atomic E-state index is 0.551. The van der Waals surface area contributed by atoms with Crippen LogP contribution < -0.4 is 5.32 Å². The van der Waals surface area contributed by atoms with Crippen molar-refractivity contribution in [3.63, 3.8) is 0 Å². The van der Waals surface area contributed by atoms with Gasteiger partial charge in [0.1, 0.15) is 0 Å². The summed E-state index contributed by atoms with van der Waals surface area (Å²) in [4.78, 5) is 2.63. The molecule has 16 heavy (non-hydrogen) atoms. The van der Waals surface area contributed by atoms with Crippen LogP contribution in [0, 0.1) is 0 Å². The third kappa shape index (κ3) is 3.91. The first-order valence-electron chi connectivity index (χ1n) is 6.70. The molecule has 2 unspecified atom stereocenters. The number of nitrogens with zero attached hydrogens (tertiary/aromatic N) is 1. The van der Waals surface area contributed by atoms with Crippen molar-refractivity contribution in [3.8, 4) is 0 Å². The number of hydrogen-bond acceptors (Lipinski definition) is 2. The van der Waals surface area contributed by atoms with Gasteiger partial charge in [0.15, 0.2) is 0 Å². The van der Waals surface area contributed by atoms with Crippen LogP contribution in [-0.4, -0.2) is 36.1 Å². The van der Waals surface area contributed by atoms with E-state index in [-0.39, 0.29) is 0 Å². The Hall–Kier alpha value is -0.340. The smallest absolute Gasteiger partial charge is 0.0208 e. The molecule has 2 atom stereocenters. The molecule has 94 valence electrons. The van der Waals surface area contributed by atoms with Crippen LogP contribution in [-0.2, 0) is 0 Å². The predicted molar refractivity (Wildman–Crippen MR) is 71.8 cm³/mol. The number of likely N-dealkylation sites (tertiary alicyclic amines) is 1. The second-order valence-electron chi connectivity index (χ2n) is 5.45. The van der Waals surface area contributed by atoms with Crippen molar-refractivity contribution in [2.75, 3.05) is 13.1 Å². The highest BCUT2D eigenvalue weighted by Crippen LogP contribution is 2.26. The van der Waals surface area contributed by atoms with Crippen LogP contribution >= 0.6 is 0 Å². The Labute approximate surface area is 101 Å². The van der Waals surface area contributed by atoms with Crippen molar-refractivity contribution in [2.24, 2.45) is 0 Å². The van der Waals surface area contributed by atoms with Crippen LogP contribution in [0.25, 0.3) is 0 Å². The van der Waals surface area contributed by atoms with E-state index in [0.717, 1.165) is 25.2 Å². The highest BCUT2D eigenvalue weighted by molar-refractivity contribution is 5.03. The van der Waals surface area contributed by atoms with E-state index in [2.05, 4.69) is 44.5 Å². The normalized spacial score (nSPS) is 26.6. The first kappa shape index (κ1) is 13.7. The van der Waals surface area contributed by atoms with Crippen LogP contribution in [0.15, 0.2) is 12.2 Å². The van der Waals surface area contributed by atoms with Gasteiger partial charge < -0.3 is 5.32 Å². The summed E-state index contributed by atoms with van der Waals surface area (Å²) in [7, 11) is 0. The van der Waals surface area contributed by atoms with Crippen molar-refractivity contribution in [1.82, 2.24) is 10.2 Å². The molecule has 1 heterocycles. The van der Waals surface area contributed by atoms with Crippen molar-refractivity contribution in [2.45, 2.75) is 65.1 Å². The quantitative estimate of drug-likeness (QED) is 0.698.